The SMILES string of the molecule is Cc1cc(F)c(-c2nnc(N[C@@H]3CCCN(C)C3)n3cccc23)c(OC(F)F)c1. The van der Waals surface area contributed by atoms with Crippen molar-refractivity contribution in [3.63, 3.8) is 0 Å². The first-order valence-electron chi connectivity index (χ1n) is 9.46. The van der Waals surface area contributed by atoms with Crippen LogP contribution in [0.2, 0.25) is 0 Å². The van der Waals surface area contributed by atoms with Crippen molar-refractivity contribution in [2.75, 3.05) is 25.5 Å². The molecule has 1 fully saturated rings. The van der Waals surface area contributed by atoms with Crippen molar-refractivity contribution in [1.82, 2.24) is 19.5 Å². The molecule has 9 heteroatoms. The van der Waals surface area contributed by atoms with E-state index in [4.69, 9.17) is 0 Å². The van der Waals surface area contributed by atoms with Gasteiger partial charge in [-0.05, 0) is 63.2 Å². The minimum Gasteiger partial charge on any atom is -0.434 e. The summed E-state index contributed by atoms with van der Waals surface area (Å²) in [6.07, 6.45) is 3.87. The number of hydrogen-bond donors (Lipinski definition) is 1. The molecule has 0 radical (unpaired) electrons. The summed E-state index contributed by atoms with van der Waals surface area (Å²) < 4.78 is 46.9. The number of nitrogens with zero attached hydrogens (tertiary/aromatic N) is 4. The maximum atomic E-state index is 14.8. The van der Waals surface area contributed by atoms with Crippen LogP contribution in [0.4, 0.5) is 19.1 Å². The van der Waals surface area contributed by atoms with Gasteiger partial charge in [-0.15, -0.1) is 10.2 Å². The number of aryl methyl sites for hydroxylation is 1. The van der Waals surface area contributed by atoms with Crippen molar-refractivity contribution in [3.05, 3.63) is 41.8 Å². The molecular weight excluding hydrogens is 383 g/mol. The van der Waals surface area contributed by atoms with E-state index in [1.54, 1.807) is 29.7 Å². The highest BCUT2D eigenvalue weighted by Crippen LogP contribution is 2.36. The number of likely N-dealkylation sites (tertiary alicyclic amines) is 1. The Hall–Kier alpha value is -2.81. The Labute approximate surface area is 166 Å². The fourth-order valence-electron chi connectivity index (χ4n) is 3.83. The number of benzene rings is 1. The van der Waals surface area contributed by atoms with E-state index >= 15 is 0 Å². The molecule has 1 atom stereocenters. The quantitative estimate of drug-likeness (QED) is 0.697. The third-order valence-electron chi connectivity index (χ3n) is 5.07. The van der Waals surface area contributed by atoms with Crippen LogP contribution in [0.5, 0.6) is 5.75 Å². The highest BCUT2D eigenvalue weighted by molar-refractivity contribution is 5.82. The Kier molecular flexibility index (Phi) is 5.31. The standard InChI is InChI=1S/C20H22F3N5O/c1-12-9-14(21)17(16(10-12)29-19(22)23)18-15-6-4-8-28(15)20(26-25-18)24-13-5-3-7-27(2)11-13/h4,6,8-10,13,19H,3,5,7,11H2,1-2H3,(H,24,26)/t13-/m1/s1. The van der Waals surface area contributed by atoms with Gasteiger partial charge in [-0.2, -0.15) is 8.78 Å². The normalized spacial score (nSPS) is 17.8. The lowest BCUT2D eigenvalue weighted by Crippen LogP contribution is -2.40. The van der Waals surface area contributed by atoms with E-state index in [-0.39, 0.29) is 23.0 Å². The van der Waals surface area contributed by atoms with Gasteiger partial charge < -0.3 is 15.0 Å². The van der Waals surface area contributed by atoms with Crippen molar-refractivity contribution in [3.8, 4) is 17.0 Å². The van der Waals surface area contributed by atoms with Gasteiger partial charge in [0.2, 0.25) is 5.95 Å². The summed E-state index contributed by atoms with van der Waals surface area (Å²) in [7, 11) is 2.07. The van der Waals surface area contributed by atoms with Crippen LogP contribution in [0.1, 0.15) is 18.4 Å². The second-order valence-corrected chi connectivity index (χ2v) is 7.38. The molecule has 0 unspecified atom stereocenters. The number of aromatic nitrogens is 3. The monoisotopic (exact) mass is 405 g/mol. The Bertz CT molecular complexity index is 1020. The van der Waals surface area contributed by atoms with Crippen LogP contribution in [0.3, 0.4) is 0 Å². The Balaban J connectivity index is 1.76. The molecule has 1 N–H and O–H groups in total. The number of fused-ring (bicyclic) bond motifs is 1. The lowest BCUT2D eigenvalue weighted by atomic mass is 10.1. The fourth-order valence-corrected chi connectivity index (χ4v) is 3.83. The zero-order valence-electron chi connectivity index (χ0n) is 16.2. The van der Waals surface area contributed by atoms with Crippen LogP contribution < -0.4 is 10.1 Å². The number of likely N-dealkylation sites (N-methyl/N-ethyl adjacent to an activating group) is 1. The molecule has 0 aliphatic carbocycles. The molecule has 29 heavy (non-hydrogen) atoms. The summed E-state index contributed by atoms with van der Waals surface area (Å²) >= 11 is 0. The van der Waals surface area contributed by atoms with Gasteiger partial charge in [-0.1, -0.05) is 0 Å². The number of hydrogen-bond acceptors (Lipinski definition) is 5. The zero-order valence-corrected chi connectivity index (χ0v) is 16.2. The fraction of sp³-hybridized carbons (Fsp3) is 0.400. The first-order valence-corrected chi connectivity index (χ1v) is 9.46. The molecule has 0 bridgehead atoms. The molecule has 1 aromatic carbocycles. The molecule has 4 rings (SSSR count). The van der Waals surface area contributed by atoms with Gasteiger partial charge in [0.05, 0.1) is 11.1 Å². The number of piperidine rings is 1. The first-order chi connectivity index (χ1) is 13.9. The molecule has 0 saturated carbocycles. The van der Waals surface area contributed by atoms with Crippen molar-refractivity contribution in [1.29, 1.82) is 0 Å². The highest BCUT2D eigenvalue weighted by atomic mass is 19.3. The molecule has 0 spiro atoms. The number of alkyl halides is 2. The molecule has 3 heterocycles. The molecule has 6 nitrogen and oxygen atoms in total. The van der Waals surface area contributed by atoms with Crippen molar-refractivity contribution >= 4 is 11.5 Å². The summed E-state index contributed by atoms with van der Waals surface area (Å²) in [5.74, 6) is -0.421. The Morgan fingerprint density at radius 1 is 1.28 bits per heavy atom. The van der Waals surface area contributed by atoms with E-state index in [1.165, 1.54) is 12.1 Å². The lowest BCUT2D eigenvalue weighted by molar-refractivity contribution is -0.0496. The molecule has 1 aliphatic heterocycles. The highest BCUT2D eigenvalue weighted by Gasteiger charge is 2.23. The van der Waals surface area contributed by atoms with Gasteiger partial charge >= 0.3 is 6.61 Å². The molecule has 154 valence electrons. The van der Waals surface area contributed by atoms with E-state index in [1.807, 2.05) is 0 Å². The van der Waals surface area contributed by atoms with E-state index < -0.39 is 12.4 Å². The van der Waals surface area contributed by atoms with Crippen molar-refractivity contribution < 1.29 is 17.9 Å². The molecule has 3 aromatic rings. The summed E-state index contributed by atoms with van der Waals surface area (Å²) in [6, 6.07) is 6.37. The summed E-state index contributed by atoms with van der Waals surface area (Å²) in [6.45, 7) is 0.472. The predicted molar refractivity (Wildman–Crippen MR) is 104 cm³/mol. The van der Waals surface area contributed by atoms with Gasteiger partial charge in [0.1, 0.15) is 17.3 Å². The first kappa shape index (κ1) is 19.5. The maximum absolute atomic E-state index is 14.8. The van der Waals surface area contributed by atoms with Crippen LogP contribution in [-0.2, 0) is 0 Å². The third kappa shape index (κ3) is 4.00. The van der Waals surface area contributed by atoms with Crippen LogP contribution in [0.15, 0.2) is 30.5 Å². The van der Waals surface area contributed by atoms with Crippen LogP contribution in [0, 0.1) is 12.7 Å². The van der Waals surface area contributed by atoms with Gasteiger partial charge in [-0.3, -0.25) is 4.40 Å². The lowest BCUT2D eigenvalue weighted by Gasteiger charge is -2.30. The number of anilines is 1. The number of halogens is 3. The number of rotatable bonds is 5. The predicted octanol–water partition coefficient (Wildman–Crippen LogP) is 3.95. The van der Waals surface area contributed by atoms with Gasteiger partial charge in [0.15, 0.2) is 0 Å². The average molecular weight is 405 g/mol. The molecule has 1 aliphatic rings. The summed E-state index contributed by atoms with van der Waals surface area (Å²) in [5, 5.41) is 11.8. The molecule has 1 saturated heterocycles. The number of nitrogens with one attached hydrogen (secondary N) is 1. The van der Waals surface area contributed by atoms with Crippen molar-refractivity contribution in [2.45, 2.75) is 32.4 Å². The molecule has 0 amide bonds. The van der Waals surface area contributed by atoms with E-state index in [0.29, 0.717) is 17.0 Å². The Morgan fingerprint density at radius 2 is 2.10 bits per heavy atom. The minimum absolute atomic E-state index is 0.129. The smallest absolute Gasteiger partial charge is 0.387 e. The van der Waals surface area contributed by atoms with Crippen LogP contribution in [-0.4, -0.2) is 52.3 Å². The van der Waals surface area contributed by atoms with E-state index in [0.717, 1.165) is 25.9 Å². The molecular formula is C20H22F3N5O. The summed E-state index contributed by atoms with van der Waals surface area (Å²) in [4.78, 5) is 2.24. The van der Waals surface area contributed by atoms with Gasteiger partial charge in [-0.25, -0.2) is 4.39 Å². The largest absolute Gasteiger partial charge is 0.434 e. The second-order valence-electron chi connectivity index (χ2n) is 7.38. The summed E-state index contributed by atoms with van der Waals surface area (Å²) in [5.41, 5.74) is 1.04. The van der Waals surface area contributed by atoms with Gasteiger partial charge in [0, 0.05) is 18.8 Å². The van der Waals surface area contributed by atoms with E-state index in [2.05, 4.69) is 32.2 Å². The van der Waals surface area contributed by atoms with E-state index in [9.17, 15) is 13.2 Å². The molecule has 2 aromatic heterocycles. The topological polar surface area (TPSA) is 54.7 Å². The Morgan fingerprint density at radius 3 is 2.86 bits per heavy atom. The number of ether oxygens (including phenoxy) is 1. The second kappa shape index (κ2) is 7.90. The van der Waals surface area contributed by atoms with Crippen molar-refractivity contribution in [2.24, 2.45) is 0 Å². The van der Waals surface area contributed by atoms with Crippen LogP contribution >= 0.6 is 0 Å². The zero-order chi connectivity index (χ0) is 20.5. The van der Waals surface area contributed by atoms with Gasteiger partial charge in [0.25, 0.3) is 0 Å². The average Bonchev–Trinajstić information content (AvgIpc) is 3.12. The minimum atomic E-state index is -3.07. The third-order valence-corrected chi connectivity index (χ3v) is 5.07. The van der Waals surface area contributed by atoms with Crippen LogP contribution in [0.25, 0.3) is 16.8 Å². The maximum Gasteiger partial charge on any atom is 0.387 e.